The van der Waals surface area contributed by atoms with E-state index in [0.717, 1.165) is 89.9 Å². The summed E-state index contributed by atoms with van der Waals surface area (Å²) >= 11 is 0. The van der Waals surface area contributed by atoms with Gasteiger partial charge < -0.3 is 45.1 Å². The summed E-state index contributed by atoms with van der Waals surface area (Å²) in [6, 6.07) is -0.847. The number of amides is 1. The Hall–Kier alpha value is -2.64. The van der Waals surface area contributed by atoms with Gasteiger partial charge in [0.25, 0.3) is 0 Å². The van der Waals surface area contributed by atoms with Crippen molar-refractivity contribution in [3.63, 3.8) is 0 Å². The minimum absolute atomic E-state index is 0.0267. The number of hydrogen-bond acceptors (Lipinski definition) is 10. The lowest BCUT2D eigenvalue weighted by molar-refractivity contribution is -0.302. The molecule has 1 saturated heterocycles. The third-order valence-electron chi connectivity index (χ3n) is 13.1. The quantitative estimate of drug-likeness (QED) is 0.0196. The third kappa shape index (κ3) is 38.0. The lowest BCUT2D eigenvalue weighted by atomic mass is 9.99. The van der Waals surface area contributed by atoms with Crippen LogP contribution in [0.15, 0.2) is 60.8 Å². The van der Waals surface area contributed by atoms with Crippen molar-refractivity contribution < 1.29 is 49.3 Å². The Labute approximate surface area is 427 Å². The van der Waals surface area contributed by atoms with Crippen LogP contribution in [0, 0.1) is 0 Å². The Kier molecular flexibility index (Phi) is 45.4. The van der Waals surface area contributed by atoms with Gasteiger partial charge in [-0.15, -0.1) is 0 Å². The minimum Gasteiger partial charge on any atom is -0.466 e. The van der Waals surface area contributed by atoms with Crippen molar-refractivity contribution in [1.29, 1.82) is 0 Å². The van der Waals surface area contributed by atoms with E-state index < -0.39 is 49.5 Å². The number of aliphatic hydroxyl groups is 5. The summed E-state index contributed by atoms with van der Waals surface area (Å²) < 4.78 is 16.6. The zero-order valence-electron chi connectivity index (χ0n) is 44.5. The van der Waals surface area contributed by atoms with Crippen molar-refractivity contribution >= 4 is 11.9 Å². The van der Waals surface area contributed by atoms with Crippen LogP contribution in [-0.2, 0) is 23.8 Å². The fourth-order valence-corrected chi connectivity index (χ4v) is 8.58. The predicted molar refractivity (Wildman–Crippen MR) is 287 cm³/mol. The van der Waals surface area contributed by atoms with Gasteiger partial charge in [0.1, 0.15) is 24.4 Å². The van der Waals surface area contributed by atoms with E-state index in [2.05, 4.69) is 54.8 Å². The van der Waals surface area contributed by atoms with E-state index in [1.165, 1.54) is 116 Å². The highest BCUT2D eigenvalue weighted by Crippen LogP contribution is 2.23. The molecule has 6 N–H and O–H groups in total. The molecule has 11 heteroatoms. The van der Waals surface area contributed by atoms with Crippen LogP contribution in [0.4, 0.5) is 0 Å². The Morgan fingerprint density at radius 1 is 0.543 bits per heavy atom. The second kappa shape index (κ2) is 48.6. The van der Waals surface area contributed by atoms with E-state index in [1.54, 1.807) is 6.08 Å². The summed E-state index contributed by atoms with van der Waals surface area (Å²) in [7, 11) is 0. The second-order valence-electron chi connectivity index (χ2n) is 19.6. The summed E-state index contributed by atoms with van der Waals surface area (Å²) in [5, 5.41) is 54.1. The topological polar surface area (TPSA) is 175 Å². The lowest BCUT2D eigenvalue weighted by Crippen LogP contribution is -2.60. The summed E-state index contributed by atoms with van der Waals surface area (Å²) in [6.07, 6.45) is 52.0. The maximum absolute atomic E-state index is 13.0. The molecule has 0 spiro atoms. The number of ether oxygens (including phenoxy) is 3. The highest BCUT2D eigenvalue weighted by Gasteiger charge is 2.44. The largest absolute Gasteiger partial charge is 0.466 e. The molecule has 1 aliphatic rings. The highest BCUT2D eigenvalue weighted by molar-refractivity contribution is 5.76. The number of hydrogen-bond donors (Lipinski definition) is 6. The van der Waals surface area contributed by atoms with Gasteiger partial charge in [0.05, 0.1) is 32.0 Å². The first kappa shape index (κ1) is 65.4. The van der Waals surface area contributed by atoms with E-state index in [0.29, 0.717) is 25.9 Å². The molecule has 0 aromatic carbocycles. The Bertz CT molecular complexity index is 1350. The smallest absolute Gasteiger partial charge is 0.305 e. The van der Waals surface area contributed by atoms with Crippen molar-refractivity contribution in [3.05, 3.63) is 60.8 Å². The van der Waals surface area contributed by atoms with E-state index in [4.69, 9.17) is 14.2 Å². The second-order valence-corrected chi connectivity index (χ2v) is 19.6. The standard InChI is InChI=1S/C59H105NO10/c1-3-5-7-9-11-13-14-15-16-17-21-24-27-31-35-39-43-47-55(64)68-48-44-40-36-32-28-25-22-19-18-20-23-26-30-34-38-42-46-54(63)60-51(52(62)45-41-37-33-29-12-10-8-6-4-2)50-69-59-58(67)57(66)56(65)53(49-61)70-59/h4,6,12,15-16,18,20,29,41,45,51-53,56-59,61-62,65-67H,3,5,7-11,13-14,17,19,21-28,30-40,42-44,46-50H2,1-2H3,(H,60,63)/b6-4+,16-15-,20-18-,29-12+,45-41+. The molecular weight excluding hydrogens is 883 g/mol. The van der Waals surface area contributed by atoms with E-state index >= 15 is 0 Å². The van der Waals surface area contributed by atoms with Gasteiger partial charge in [-0.1, -0.05) is 183 Å². The fourth-order valence-electron chi connectivity index (χ4n) is 8.58. The Balaban J connectivity index is 2.06. The maximum atomic E-state index is 13.0. The summed E-state index contributed by atoms with van der Waals surface area (Å²) in [5.41, 5.74) is 0. The van der Waals surface area contributed by atoms with Crippen LogP contribution >= 0.6 is 0 Å². The summed E-state index contributed by atoms with van der Waals surface area (Å²) in [6.45, 7) is 4.03. The van der Waals surface area contributed by atoms with Crippen molar-refractivity contribution in [2.75, 3.05) is 19.8 Å². The number of rotatable bonds is 48. The number of allylic oxidation sites excluding steroid dienone is 9. The first-order valence-corrected chi connectivity index (χ1v) is 28.5. The number of carbonyl (C=O) groups excluding carboxylic acids is 2. The van der Waals surface area contributed by atoms with Crippen LogP contribution in [0.5, 0.6) is 0 Å². The zero-order valence-corrected chi connectivity index (χ0v) is 44.5. The molecule has 1 aliphatic heterocycles. The molecule has 1 amide bonds. The molecular formula is C59H105NO10. The fraction of sp³-hybridized carbons (Fsp3) is 0.797. The van der Waals surface area contributed by atoms with E-state index in [9.17, 15) is 35.1 Å². The maximum Gasteiger partial charge on any atom is 0.305 e. The average Bonchev–Trinajstić information content (AvgIpc) is 3.36. The molecule has 0 aliphatic carbocycles. The highest BCUT2D eigenvalue weighted by atomic mass is 16.7. The van der Waals surface area contributed by atoms with Gasteiger partial charge >= 0.3 is 5.97 Å². The van der Waals surface area contributed by atoms with Gasteiger partial charge in [-0.3, -0.25) is 9.59 Å². The number of aliphatic hydroxyl groups excluding tert-OH is 5. The van der Waals surface area contributed by atoms with Gasteiger partial charge in [0, 0.05) is 12.8 Å². The number of unbranched alkanes of at least 4 members (excludes halogenated alkanes) is 27. The van der Waals surface area contributed by atoms with Crippen molar-refractivity contribution in [2.45, 2.75) is 281 Å². The molecule has 0 saturated carbocycles. The van der Waals surface area contributed by atoms with Crippen molar-refractivity contribution in [1.82, 2.24) is 5.32 Å². The number of esters is 1. The molecule has 1 fully saturated rings. The van der Waals surface area contributed by atoms with Gasteiger partial charge in [0.15, 0.2) is 6.29 Å². The average molecular weight is 988 g/mol. The van der Waals surface area contributed by atoms with Crippen LogP contribution in [0.25, 0.3) is 0 Å². The summed E-state index contributed by atoms with van der Waals surface area (Å²) in [5.74, 6) is -0.245. The first-order valence-electron chi connectivity index (χ1n) is 28.5. The normalized spacial score (nSPS) is 19.7. The van der Waals surface area contributed by atoms with Crippen LogP contribution in [-0.4, -0.2) is 100 Å². The minimum atomic E-state index is -1.59. The molecule has 7 atom stereocenters. The molecule has 11 nitrogen and oxygen atoms in total. The third-order valence-corrected chi connectivity index (χ3v) is 13.1. The SMILES string of the molecule is C/C=C/CC/C=C/CC/C=C/C(O)C(COC1OC(CO)C(O)C(O)C1O)NC(=O)CCCCCCC/C=C\CCCCCCCCCOC(=O)CCCCCCCCC/C=C\CCCCCCCC. The molecule has 1 heterocycles. The molecule has 7 unspecified atom stereocenters. The number of carbonyl (C=O) groups is 2. The summed E-state index contributed by atoms with van der Waals surface area (Å²) in [4.78, 5) is 25.1. The van der Waals surface area contributed by atoms with Crippen molar-refractivity contribution in [2.24, 2.45) is 0 Å². The molecule has 406 valence electrons. The molecule has 0 radical (unpaired) electrons. The Morgan fingerprint density at radius 3 is 1.50 bits per heavy atom. The van der Waals surface area contributed by atoms with Crippen LogP contribution in [0.3, 0.4) is 0 Å². The van der Waals surface area contributed by atoms with E-state index in [-0.39, 0.29) is 18.5 Å². The molecule has 70 heavy (non-hydrogen) atoms. The monoisotopic (exact) mass is 988 g/mol. The van der Waals surface area contributed by atoms with Gasteiger partial charge in [-0.25, -0.2) is 0 Å². The molecule has 0 aromatic rings. The van der Waals surface area contributed by atoms with Gasteiger partial charge in [0.2, 0.25) is 5.91 Å². The Morgan fingerprint density at radius 2 is 0.986 bits per heavy atom. The van der Waals surface area contributed by atoms with Crippen LogP contribution < -0.4 is 5.32 Å². The number of nitrogens with one attached hydrogen (secondary N) is 1. The van der Waals surface area contributed by atoms with Gasteiger partial charge in [-0.05, 0) is 103 Å². The molecule has 0 aromatic heterocycles. The van der Waals surface area contributed by atoms with Crippen molar-refractivity contribution in [3.8, 4) is 0 Å². The zero-order chi connectivity index (χ0) is 51.0. The first-order chi connectivity index (χ1) is 34.2. The predicted octanol–water partition coefficient (Wildman–Crippen LogP) is 12.7. The van der Waals surface area contributed by atoms with Crippen LogP contribution in [0.2, 0.25) is 0 Å². The van der Waals surface area contributed by atoms with Crippen LogP contribution in [0.1, 0.15) is 239 Å². The lowest BCUT2D eigenvalue weighted by Gasteiger charge is -2.40. The van der Waals surface area contributed by atoms with Gasteiger partial charge in [-0.2, -0.15) is 0 Å². The molecule has 0 bridgehead atoms. The molecule has 1 rings (SSSR count). The van der Waals surface area contributed by atoms with E-state index in [1.807, 2.05) is 19.1 Å².